The van der Waals surface area contributed by atoms with Crippen LogP contribution in [-0.2, 0) is 0 Å². The van der Waals surface area contributed by atoms with Crippen LogP contribution < -0.4 is 11.5 Å². The number of anilines is 2. The van der Waals surface area contributed by atoms with Gasteiger partial charge in [-0.15, -0.1) is 12.8 Å². The maximum absolute atomic E-state index is 12.3. The lowest BCUT2D eigenvalue weighted by molar-refractivity contribution is -0.383. The van der Waals surface area contributed by atoms with E-state index >= 15 is 0 Å². The van der Waals surface area contributed by atoms with Gasteiger partial charge >= 0.3 is 0 Å². The standard InChI is InChI=1S/C24H15N5O2/c1-3-14-7-5-9-16(11-14)18-13-19-21(28-24(26)23(25)27-19)20(22(18)29(30)31)17-10-6-8-15(4-2)12-17/h1-2,5-13H,(H2,25,27)(H2,26,28). The van der Waals surface area contributed by atoms with Crippen LogP contribution in [0.5, 0.6) is 0 Å². The lowest BCUT2D eigenvalue weighted by Crippen LogP contribution is -2.04. The Morgan fingerprint density at radius 3 is 2.06 bits per heavy atom. The summed E-state index contributed by atoms with van der Waals surface area (Å²) in [6.45, 7) is 0. The third-order valence-corrected chi connectivity index (χ3v) is 4.83. The summed E-state index contributed by atoms with van der Waals surface area (Å²) in [5.41, 5.74) is 15.0. The Morgan fingerprint density at radius 2 is 1.45 bits per heavy atom. The van der Waals surface area contributed by atoms with Gasteiger partial charge in [0, 0.05) is 11.1 Å². The molecule has 4 aromatic rings. The molecule has 31 heavy (non-hydrogen) atoms. The first-order valence-corrected chi connectivity index (χ1v) is 9.11. The van der Waals surface area contributed by atoms with Gasteiger partial charge in [-0.05, 0) is 41.5 Å². The summed E-state index contributed by atoms with van der Waals surface area (Å²) in [4.78, 5) is 20.5. The van der Waals surface area contributed by atoms with Crippen molar-refractivity contribution in [2.24, 2.45) is 0 Å². The first kappa shape index (κ1) is 19.4. The van der Waals surface area contributed by atoms with Crippen molar-refractivity contribution in [3.63, 3.8) is 0 Å². The Bertz CT molecular complexity index is 1460. The van der Waals surface area contributed by atoms with E-state index in [0.717, 1.165) is 0 Å². The van der Waals surface area contributed by atoms with Gasteiger partial charge in [-0.2, -0.15) is 0 Å². The molecule has 0 aliphatic heterocycles. The van der Waals surface area contributed by atoms with Gasteiger partial charge in [0.15, 0.2) is 11.6 Å². The fourth-order valence-electron chi connectivity index (χ4n) is 3.44. The summed E-state index contributed by atoms with van der Waals surface area (Å²) >= 11 is 0. The van der Waals surface area contributed by atoms with E-state index in [9.17, 15) is 10.1 Å². The van der Waals surface area contributed by atoms with Gasteiger partial charge < -0.3 is 11.5 Å². The van der Waals surface area contributed by atoms with Crippen LogP contribution in [0.4, 0.5) is 17.3 Å². The topological polar surface area (TPSA) is 121 Å². The third-order valence-electron chi connectivity index (χ3n) is 4.83. The second-order valence-electron chi connectivity index (χ2n) is 6.72. The van der Waals surface area contributed by atoms with Crippen molar-refractivity contribution < 1.29 is 4.92 Å². The van der Waals surface area contributed by atoms with E-state index in [-0.39, 0.29) is 28.4 Å². The smallest absolute Gasteiger partial charge is 0.287 e. The molecule has 4 N–H and O–H groups in total. The Balaban J connectivity index is 2.21. The molecule has 7 nitrogen and oxygen atoms in total. The summed E-state index contributed by atoms with van der Waals surface area (Å²) in [7, 11) is 0. The fraction of sp³-hybridized carbons (Fsp3) is 0. The number of fused-ring (bicyclic) bond motifs is 1. The molecule has 0 spiro atoms. The highest BCUT2D eigenvalue weighted by Gasteiger charge is 2.27. The first-order chi connectivity index (χ1) is 14.9. The number of terminal acetylenes is 2. The molecule has 0 radical (unpaired) electrons. The molecule has 0 saturated carbocycles. The summed E-state index contributed by atoms with van der Waals surface area (Å²) in [5.74, 6) is 5.11. The number of nitrogen functional groups attached to an aromatic ring is 2. The van der Waals surface area contributed by atoms with Gasteiger partial charge in [-0.3, -0.25) is 10.1 Å². The van der Waals surface area contributed by atoms with Crippen molar-refractivity contribution in [2.75, 3.05) is 11.5 Å². The van der Waals surface area contributed by atoms with Crippen molar-refractivity contribution in [3.8, 4) is 46.9 Å². The molecule has 1 heterocycles. The molecule has 148 valence electrons. The number of nitrogens with two attached hydrogens (primary N) is 2. The summed E-state index contributed by atoms with van der Waals surface area (Å²) in [6, 6.07) is 15.3. The van der Waals surface area contributed by atoms with E-state index in [1.54, 1.807) is 54.6 Å². The van der Waals surface area contributed by atoms with Gasteiger partial charge in [0.25, 0.3) is 5.69 Å². The predicted octanol–water partition coefficient (Wildman–Crippen LogP) is 4.00. The Kier molecular flexibility index (Phi) is 4.71. The van der Waals surface area contributed by atoms with Gasteiger partial charge in [-0.1, -0.05) is 36.1 Å². The molecule has 0 amide bonds. The number of benzene rings is 3. The highest BCUT2D eigenvalue weighted by atomic mass is 16.6. The molecule has 7 heteroatoms. The van der Waals surface area contributed by atoms with Crippen molar-refractivity contribution in [2.45, 2.75) is 0 Å². The van der Waals surface area contributed by atoms with Crippen LogP contribution in [0, 0.1) is 34.8 Å². The Morgan fingerprint density at radius 1 is 0.871 bits per heavy atom. The van der Waals surface area contributed by atoms with E-state index in [1.807, 2.05) is 0 Å². The van der Waals surface area contributed by atoms with E-state index in [4.69, 9.17) is 24.3 Å². The number of hydrogen-bond donors (Lipinski definition) is 2. The normalized spacial score (nSPS) is 10.4. The van der Waals surface area contributed by atoms with E-state index < -0.39 is 4.92 Å². The zero-order valence-corrected chi connectivity index (χ0v) is 16.2. The largest absolute Gasteiger partial charge is 0.381 e. The van der Waals surface area contributed by atoms with Crippen LogP contribution in [0.25, 0.3) is 33.3 Å². The SMILES string of the molecule is C#Cc1cccc(-c2cc3nc(N)c(N)nc3c(-c3cccc(C#C)c3)c2[N+](=O)[O-])c1. The monoisotopic (exact) mass is 405 g/mol. The van der Waals surface area contributed by atoms with Gasteiger partial charge in [-0.25, -0.2) is 9.97 Å². The molecular formula is C24H15N5O2. The summed E-state index contributed by atoms with van der Waals surface area (Å²) in [5, 5.41) is 12.3. The zero-order chi connectivity index (χ0) is 22.1. The molecule has 0 bridgehead atoms. The molecule has 0 unspecified atom stereocenters. The van der Waals surface area contributed by atoms with Crippen molar-refractivity contribution in [3.05, 3.63) is 75.8 Å². The molecule has 4 rings (SSSR count). The van der Waals surface area contributed by atoms with Crippen LogP contribution in [0.15, 0.2) is 54.6 Å². The second kappa shape index (κ2) is 7.51. The summed E-state index contributed by atoms with van der Waals surface area (Å²) < 4.78 is 0. The van der Waals surface area contributed by atoms with Crippen LogP contribution in [0.3, 0.4) is 0 Å². The maximum atomic E-state index is 12.3. The third kappa shape index (κ3) is 3.37. The highest BCUT2D eigenvalue weighted by Crippen LogP contribution is 2.43. The number of nitrogens with zero attached hydrogens (tertiary/aromatic N) is 3. The first-order valence-electron chi connectivity index (χ1n) is 9.11. The van der Waals surface area contributed by atoms with Crippen LogP contribution in [-0.4, -0.2) is 14.9 Å². The fourth-order valence-corrected chi connectivity index (χ4v) is 3.44. The minimum Gasteiger partial charge on any atom is -0.381 e. The molecule has 0 aliphatic carbocycles. The van der Waals surface area contributed by atoms with Crippen LogP contribution in [0.2, 0.25) is 0 Å². The minimum atomic E-state index is -0.455. The molecular weight excluding hydrogens is 390 g/mol. The zero-order valence-electron chi connectivity index (χ0n) is 16.2. The number of rotatable bonds is 3. The van der Waals surface area contributed by atoms with Crippen molar-refractivity contribution in [1.29, 1.82) is 0 Å². The number of nitro benzene ring substituents is 1. The molecule has 0 fully saturated rings. The van der Waals surface area contributed by atoms with E-state index in [1.165, 1.54) is 0 Å². The number of hydrogen-bond acceptors (Lipinski definition) is 6. The Labute approximate surface area is 177 Å². The van der Waals surface area contributed by atoms with Gasteiger partial charge in [0.2, 0.25) is 0 Å². The average molecular weight is 405 g/mol. The van der Waals surface area contributed by atoms with Crippen molar-refractivity contribution in [1.82, 2.24) is 9.97 Å². The van der Waals surface area contributed by atoms with E-state index in [2.05, 4.69) is 21.8 Å². The van der Waals surface area contributed by atoms with Gasteiger partial charge in [0.1, 0.15) is 5.52 Å². The molecule has 0 aliphatic rings. The lowest BCUT2D eigenvalue weighted by atomic mass is 9.93. The predicted molar refractivity (Wildman–Crippen MR) is 122 cm³/mol. The second-order valence-corrected chi connectivity index (χ2v) is 6.72. The summed E-state index contributed by atoms with van der Waals surface area (Å²) in [6.07, 6.45) is 11.1. The number of nitro groups is 1. The quantitative estimate of drug-likeness (QED) is 0.302. The molecule has 1 aromatic heterocycles. The van der Waals surface area contributed by atoms with Crippen LogP contribution >= 0.6 is 0 Å². The maximum Gasteiger partial charge on any atom is 0.287 e. The lowest BCUT2D eigenvalue weighted by Gasteiger charge is -2.13. The van der Waals surface area contributed by atoms with E-state index in [0.29, 0.717) is 33.3 Å². The minimum absolute atomic E-state index is 0.0155. The average Bonchev–Trinajstić information content (AvgIpc) is 2.78. The highest BCUT2D eigenvalue weighted by molar-refractivity contribution is 6.04. The van der Waals surface area contributed by atoms with Gasteiger partial charge in [0.05, 0.1) is 21.6 Å². The molecule has 3 aromatic carbocycles. The number of aromatic nitrogens is 2. The Hall–Kier alpha value is -4.88. The van der Waals surface area contributed by atoms with Crippen LogP contribution in [0.1, 0.15) is 11.1 Å². The van der Waals surface area contributed by atoms with Crippen molar-refractivity contribution >= 4 is 28.4 Å². The molecule has 0 atom stereocenters. The molecule has 0 saturated heterocycles.